The van der Waals surface area contributed by atoms with Crippen LogP contribution in [0.15, 0.2) is 12.7 Å². The molecule has 0 spiro atoms. The first-order valence-electron chi connectivity index (χ1n) is 3.97. The van der Waals surface area contributed by atoms with Gasteiger partial charge in [0.1, 0.15) is 6.10 Å². The van der Waals surface area contributed by atoms with Gasteiger partial charge in [-0.15, -0.1) is 6.58 Å². The fourth-order valence-electron chi connectivity index (χ4n) is 0.989. The van der Waals surface area contributed by atoms with Crippen molar-refractivity contribution < 1.29 is 5.11 Å². The summed E-state index contributed by atoms with van der Waals surface area (Å²) < 4.78 is 0. The molecular formula is C9H16BrO. The minimum atomic E-state index is -0.495. The van der Waals surface area contributed by atoms with E-state index in [1.54, 1.807) is 6.08 Å². The van der Waals surface area contributed by atoms with Gasteiger partial charge in [0, 0.05) is 11.2 Å². The van der Waals surface area contributed by atoms with Gasteiger partial charge >= 0.3 is 0 Å². The lowest BCUT2D eigenvalue weighted by Crippen LogP contribution is -2.23. The molecule has 1 radical (unpaired) electrons. The Morgan fingerprint density at radius 3 is 2.45 bits per heavy atom. The van der Waals surface area contributed by atoms with E-state index in [-0.39, 0.29) is 11.8 Å². The van der Waals surface area contributed by atoms with Crippen LogP contribution >= 0.6 is 15.9 Å². The second-order valence-corrected chi connectivity index (χ2v) is 3.81. The molecule has 0 heterocycles. The highest BCUT2D eigenvalue weighted by Gasteiger charge is 2.19. The van der Waals surface area contributed by atoms with Gasteiger partial charge in [-0.2, -0.15) is 0 Å². The maximum atomic E-state index is 11.5. The Labute approximate surface area is 77.6 Å². The molecule has 2 heteroatoms. The predicted octanol–water partition coefficient (Wildman–Crippen LogP) is 3.03. The highest BCUT2D eigenvalue weighted by atomic mass is 79.9. The molecule has 0 fully saturated rings. The number of rotatable bonds is 5. The highest BCUT2D eigenvalue weighted by Crippen LogP contribution is 2.18. The van der Waals surface area contributed by atoms with Crippen LogP contribution in [0.5, 0.6) is 0 Å². The monoisotopic (exact) mass is 219 g/mol. The van der Waals surface area contributed by atoms with Crippen LogP contribution < -0.4 is 0 Å². The highest BCUT2D eigenvalue weighted by molar-refractivity contribution is 9.09. The molecule has 65 valence electrons. The lowest BCUT2D eigenvalue weighted by atomic mass is 9.92. The third-order valence-electron chi connectivity index (χ3n) is 2.02. The van der Waals surface area contributed by atoms with Gasteiger partial charge in [-0.3, -0.25) is 0 Å². The zero-order valence-electron chi connectivity index (χ0n) is 7.22. The molecule has 0 rings (SSSR count). The Kier molecular flexibility index (Phi) is 5.88. The van der Waals surface area contributed by atoms with Crippen molar-refractivity contribution in [2.24, 2.45) is 11.8 Å². The Morgan fingerprint density at radius 1 is 1.55 bits per heavy atom. The molecule has 0 aliphatic carbocycles. The van der Waals surface area contributed by atoms with Crippen molar-refractivity contribution in [2.75, 3.05) is 5.33 Å². The third kappa shape index (κ3) is 3.92. The van der Waals surface area contributed by atoms with E-state index >= 15 is 0 Å². The van der Waals surface area contributed by atoms with Gasteiger partial charge in [0.15, 0.2) is 0 Å². The molecule has 0 aliphatic heterocycles. The summed E-state index contributed by atoms with van der Waals surface area (Å²) >= 11 is 3.32. The average Bonchev–Trinajstić information content (AvgIpc) is 2.02. The van der Waals surface area contributed by atoms with Gasteiger partial charge < -0.3 is 0 Å². The van der Waals surface area contributed by atoms with E-state index < -0.39 is 6.10 Å². The second-order valence-electron chi connectivity index (χ2n) is 3.01. The van der Waals surface area contributed by atoms with Gasteiger partial charge in [0.05, 0.1) is 0 Å². The van der Waals surface area contributed by atoms with Gasteiger partial charge in [0.25, 0.3) is 0 Å². The van der Waals surface area contributed by atoms with E-state index in [9.17, 15) is 5.11 Å². The molecule has 3 atom stereocenters. The number of alkyl halides is 1. The SMILES string of the molecule is C=CC(C)C([O])C(C)CCBr. The normalized spacial score (nSPS) is 18.9. The van der Waals surface area contributed by atoms with E-state index in [0.717, 1.165) is 11.8 Å². The molecule has 0 saturated carbocycles. The second kappa shape index (κ2) is 5.78. The Hall–Kier alpha value is 0.180. The average molecular weight is 220 g/mol. The van der Waals surface area contributed by atoms with Gasteiger partial charge in [-0.05, 0) is 12.3 Å². The molecule has 0 aromatic carbocycles. The lowest BCUT2D eigenvalue weighted by Gasteiger charge is -2.19. The zero-order chi connectivity index (χ0) is 8.85. The lowest BCUT2D eigenvalue weighted by molar-refractivity contribution is 0.0148. The summed E-state index contributed by atoms with van der Waals surface area (Å²) in [6, 6.07) is 0. The summed E-state index contributed by atoms with van der Waals surface area (Å²) in [6.07, 6.45) is 2.19. The van der Waals surface area contributed by atoms with Crippen LogP contribution in [0.25, 0.3) is 0 Å². The van der Waals surface area contributed by atoms with E-state index in [4.69, 9.17) is 0 Å². The summed E-state index contributed by atoms with van der Waals surface area (Å²) in [5.41, 5.74) is 0. The Morgan fingerprint density at radius 2 is 2.09 bits per heavy atom. The summed E-state index contributed by atoms with van der Waals surface area (Å²) in [4.78, 5) is 0. The van der Waals surface area contributed by atoms with Crippen LogP contribution in [0.3, 0.4) is 0 Å². The van der Waals surface area contributed by atoms with Crippen LogP contribution in [-0.4, -0.2) is 11.4 Å². The van der Waals surface area contributed by atoms with E-state index in [2.05, 4.69) is 22.5 Å². The fraction of sp³-hybridized carbons (Fsp3) is 0.778. The fourth-order valence-corrected chi connectivity index (χ4v) is 1.71. The van der Waals surface area contributed by atoms with Gasteiger partial charge in [-0.25, -0.2) is 5.11 Å². The number of halogens is 1. The third-order valence-corrected chi connectivity index (χ3v) is 2.47. The van der Waals surface area contributed by atoms with Crippen molar-refractivity contribution in [2.45, 2.75) is 26.4 Å². The molecule has 0 aromatic rings. The topological polar surface area (TPSA) is 19.9 Å². The van der Waals surface area contributed by atoms with Gasteiger partial charge in [0.2, 0.25) is 0 Å². The molecule has 0 N–H and O–H groups in total. The van der Waals surface area contributed by atoms with Crippen molar-refractivity contribution in [1.82, 2.24) is 0 Å². The maximum Gasteiger partial charge on any atom is 0.101 e. The van der Waals surface area contributed by atoms with E-state index in [1.165, 1.54) is 0 Å². The number of hydrogen-bond donors (Lipinski definition) is 0. The summed E-state index contributed by atoms with van der Waals surface area (Å²) in [7, 11) is 0. The summed E-state index contributed by atoms with van der Waals surface area (Å²) in [5.74, 6) is 0.325. The molecule has 0 saturated heterocycles. The first-order chi connectivity index (χ1) is 5.13. The number of hydrogen-bond acceptors (Lipinski definition) is 0. The maximum absolute atomic E-state index is 11.5. The van der Waals surface area contributed by atoms with Crippen LogP contribution in [0.1, 0.15) is 20.3 Å². The summed E-state index contributed by atoms with van der Waals surface area (Å²) in [6.45, 7) is 7.54. The van der Waals surface area contributed by atoms with Gasteiger partial charge in [-0.1, -0.05) is 35.9 Å². The molecule has 0 aromatic heterocycles. The first kappa shape index (κ1) is 11.2. The molecule has 1 nitrogen and oxygen atoms in total. The molecule has 11 heavy (non-hydrogen) atoms. The molecule has 0 amide bonds. The van der Waals surface area contributed by atoms with Crippen molar-refractivity contribution in [3.63, 3.8) is 0 Å². The smallest absolute Gasteiger partial charge is 0.101 e. The minimum absolute atomic E-state index is 0.0871. The quantitative estimate of drug-likeness (QED) is 0.501. The standard InChI is InChI=1S/C9H16BrO/c1-4-7(2)9(11)8(3)5-6-10/h4,7-9H,1,5-6H2,2-3H3. The summed E-state index contributed by atoms with van der Waals surface area (Å²) in [5, 5.41) is 12.4. The van der Waals surface area contributed by atoms with Crippen LogP contribution in [0, 0.1) is 11.8 Å². The van der Waals surface area contributed by atoms with Crippen molar-refractivity contribution in [1.29, 1.82) is 0 Å². The van der Waals surface area contributed by atoms with Crippen molar-refractivity contribution >= 4 is 15.9 Å². The van der Waals surface area contributed by atoms with Crippen LogP contribution in [-0.2, 0) is 5.11 Å². The largest absolute Gasteiger partial charge is 0.232 e. The van der Waals surface area contributed by atoms with Crippen LogP contribution in [0.2, 0.25) is 0 Å². The molecule has 3 unspecified atom stereocenters. The Balaban J connectivity index is 3.79. The molecule has 0 aliphatic rings. The zero-order valence-corrected chi connectivity index (χ0v) is 8.80. The van der Waals surface area contributed by atoms with E-state index in [0.29, 0.717) is 0 Å². The molecular weight excluding hydrogens is 204 g/mol. The van der Waals surface area contributed by atoms with Crippen molar-refractivity contribution in [3.05, 3.63) is 12.7 Å². The van der Waals surface area contributed by atoms with E-state index in [1.807, 2.05) is 13.8 Å². The molecule has 0 bridgehead atoms. The first-order valence-corrected chi connectivity index (χ1v) is 5.10. The Bertz CT molecular complexity index is 114. The van der Waals surface area contributed by atoms with Crippen molar-refractivity contribution in [3.8, 4) is 0 Å². The van der Waals surface area contributed by atoms with Crippen LogP contribution in [0.4, 0.5) is 0 Å². The predicted molar refractivity (Wildman–Crippen MR) is 51.4 cm³/mol. The minimum Gasteiger partial charge on any atom is -0.232 e.